The predicted octanol–water partition coefficient (Wildman–Crippen LogP) is 8.87. The second kappa shape index (κ2) is 24.5. The largest absolute Gasteiger partial charge is 0.506 e. The van der Waals surface area contributed by atoms with Crippen LogP contribution in [0.25, 0.3) is 6.08 Å². The van der Waals surface area contributed by atoms with E-state index in [1.165, 1.54) is 54.8 Å². The van der Waals surface area contributed by atoms with Crippen LogP contribution >= 0.6 is 57.5 Å². The van der Waals surface area contributed by atoms with Crippen LogP contribution in [0.1, 0.15) is 57.1 Å². The van der Waals surface area contributed by atoms with Gasteiger partial charge in [-0.2, -0.15) is 4.58 Å². The number of anilines is 1. The number of ketones is 2. The number of hydrogen-bond donors (Lipinski definition) is 2. The van der Waals surface area contributed by atoms with Gasteiger partial charge >= 0.3 is 10.0 Å². The van der Waals surface area contributed by atoms with Crippen LogP contribution in [0.5, 0.6) is 5.75 Å². The van der Waals surface area contributed by atoms with Crippen molar-refractivity contribution in [2.24, 2.45) is 20.4 Å². The number of carbonyl (C=O) groups excluding carboxylic acids is 2. The molecule has 3 heterocycles. The Morgan fingerprint density at radius 2 is 1.33 bits per heavy atom. The average molecular weight is 1100 g/mol. The Morgan fingerprint density at radius 1 is 0.800 bits per heavy atom. The number of nitrogens with zero attached hydrogens (tertiary/aromatic N) is 10. The summed E-state index contributed by atoms with van der Waals surface area (Å²) in [5.41, 5.74) is 6.39. The number of aliphatic hydroxyl groups excluding tert-OH is 2. The van der Waals surface area contributed by atoms with Gasteiger partial charge < -0.3 is 40.0 Å². The average Bonchev–Trinajstić information content (AvgIpc) is 4.07. The van der Waals surface area contributed by atoms with Crippen LogP contribution in [0.2, 0.25) is 5.02 Å². The molecule has 4 aromatic rings. The summed E-state index contributed by atoms with van der Waals surface area (Å²) in [6.45, 7) is 6.34. The summed E-state index contributed by atoms with van der Waals surface area (Å²) >= 11 is 19.1. The molecule has 0 saturated heterocycles. The van der Waals surface area contributed by atoms with E-state index in [1.807, 2.05) is 6.07 Å². The summed E-state index contributed by atoms with van der Waals surface area (Å²) in [5, 5.41) is 54.5. The van der Waals surface area contributed by atoms with Crippen molar-refractivity contribution in [1.82, 2.24) is 9.97 Å². The van der Waals surface area contributed by atoms with Crippen LogP contribution in [0, 0.1) is 20.2 Å². The Morgan fingerprint density at radius 3 is 1.80 bits per heavy atom. The number of rotatable bonds is 10. The molecular formula is C45H42Cl3CoN10O9S2-. The molecule has 8 rings (SSSR count). The van der Waals surface area contributed by atoms with Gasteiger partial charge in [0.15, 0.2) is 5.71 Å². The van der Waals surface area contributed by atoms with E-state index in [1.54, 1.807) is 7.11 Å². The zero-order valence-corrected chi connectivity index (χ0v) is 42.5. The number of benzene rings is 2. The topological polar surface area (TPSA) is 254 Å². The van der Waals surface area contributed by atoms with Crippen LogP contribution in [0.3, 0.4) is 0 Å². The third-order valence-electron chi connectivity index (χ3n) is 11.0. The quantitative estimate of drug-likeness (QED) is 0.0654. The molecule has 1 radical (unpaired) electrons. The van der Waals surface area contributed by atoms with Crippen molar-refractivity contribution < 1.29 is 55.7 Å². The smallest absolute Gasteiger partial charge is 0.319 e. The van der Waals surface area contributed by atoms with E-state index in [9.17, 15) is 40.0 Å². The molecule has 369 valence electrons. The molecule has 4 aliphatic rings. The first kappa shape index (κ1) is 54.7. The van der Waals surface area contributed by atoms with Crippen LogP contribution < -0.4 is 29.2 Å². The van der Waals surface area contributed by atoms with Gasteiger partial charge in [0, 0.05) is 104 Å². The molecule has 19 nitrogen and oxygen atoms in total. The van der Waals surface area contributed by atoms with Gasteiger partial charge in [0.25, 0.3) is 0 Å². The second-order valence-corrected chi connectivity index (χ2v) is 18.3. The molecular weight excluding hydrogens is 1050 g/mol. The zero-order chi connectivity index (χ0) is 50.0. The SMILES string of the molecule is CCN(CC)c1ccc(/C=C/C2=[N+](C)c3ccc(Cl)cc3C23CCCCC3)c(OC)c1.O=C1C=C(O)C(=NN=c2[n-]cc([N+](=O)[O-])s2)C=C1Cl.O=C1C=C(O)C(=NN=c2[n-]cc([N+](=O)[O-])s2)C=C1Cl.[Co]. The van der Waals surface area contributed by atoms with Crippen LogP contribution in [0.15, 0.2) is 121 Å². The van der Waals surface area contributed by atoms with Gasteiger partial charge in [0.05, 0.1) is 32.4 Å². The van der Waals surface area contributed by atoms with Crippen molar-refractivity contribution in [3.05, 3.63) is 147 Å². The fourth-order valence-electron chi connectivity index (χ4n) is 7.71. The minimum Gasteiger partial charge on any atom is -0.506 e. The van der Waals surface area contributed by atoms with Crippen LogP contribution in [-0.2, 0) is 31.8 Å². The van der Waals surface area contributed by atoms with Crippen LogP contribution in [-0.4, -0.2) is 80.6 Å². The summed E-state index contributed by atoms with van der Waals surface area (Å²) in [4.78, 5) is 51.6. The van der Waals surface area contributed by atoms with Gasteiger partial charge in [-0.15, -0.1) is 0 Å². The maximum Gasteiger partial charge on any atom is 0.319 e. The van der Waals surface area contributed by atoms with Gasteiger partial charge in [0.1, 0.15) is 35.7 Å². The van der Waals surface area contributed by atoms with E-state index < -0.39 is 21.4 Å². The van der Waals surface area contributed by atoms with E-state index in [0.29, 0.717) is 0 Å². The predicted molar refractivity (Wildman–Crippen MR) is 267 cm³/mol. The Bertz CT molecular complexity index is 2980. The molecule has 1 aliphatic heterocycles. The fourth-order valence-corrected chi connectivity index (χ4v) is 9.31. The third-order valence-corrected chi connectivity index (χ3v) is 13.5. The number of ether oxygens (including phenoxy) is 1. The van der Waals surface area contributed by atoms with E-state index in [4.69, 9.17) is 39.5 Å². The monoisotopic (exact) mass is 1090 g/mol. The molecule has 2 N–H and O–H groups in total. The van der Waals surface area contributed by atoms with Crippen molar-refractivity contribution in [3.8, 4) is 5.75 Å². The number of aromatic nitrogens is 2. The minimum atomic E-state index is -0.600. The number of thiazole rings is 2. The number of fused-ring (bicyclic) bond motifs is 2. The number of carbonyl (C=O) groups is 2. The number of hydrogen-bond acceptors (Lipinski definition) is 16. The Hall–Kier alpha value is -6.27. The Kier molecular flexibility index (Phi) is 19.1. The molecule has 1 spiro atoms. The molecule has 0 amide bonds. The van der Waals surface area contributed by atoms with Crippen molar-refractivity contribution in [2.45, 2.75) is 51.4 Å². The minimum absolute atomic E-state index is 0. The molecule has 0 bridgehead atoms. The molecule has 0 atom stereocenters. The molecule has 3 aliphatic carbocycles. The van der Waals surface area contributed by atoms with E-state index in [2.05, 4.69) is 103 Å². The first-order chi connectivity index (χ1) is 33.0. The fraction of sp³-hybridized carbons (Fsp3) is 0.267. The standard InChI is InChI=1S/C27H34ClN2O.2C9H5ClN4O4S.Co/c1-5-30(6-2)22-13-10-20(25(19-22)31-4)11-15-26-27(16-8-7-9-17-27)23-18-21(28)12-14-24(23)29(26)3;2*10-4-1-5(7(16)2-6(4)15)12-13-9-11-3-8(19-9)14(17)18;/h10-15,18-19H,5-9,16-17H2,1-4H3;2*1-3H,(H2,11,13,15,16);/q+1;;;/p-2. The summed E-state index contributed by atoms with van der Waals surface area (Å²) in [5.74, 6) is -0.931. The number of allylic oxidation sites excluding steroid dienone is 7. The molecule has 25 heteroatoms. The first-order valence-corrected chi connectivity index (χ1v) is 23.7. The van der Waals surface area contributed by atoms with Crippen molar-refractivity contribution in [3.63, 3.8) is 0 Å². The number of nitro groups is 2. The zero-order valence-electron chi connectivity index (χ0n) is 37.5. The Labute approximate surface area is 433 Å². The summed E-state index contributed by atoms with van der Waals surface area (Å²) in [6, 6.07) is 12.9. The first-order valence-electron chi connectivity index (χ1n) is 20.9. The van der Waals surface area contributed by atoms with Gasteiger partial charge in [-0.3, -0.25) is 40.0 Å². The van der Waals surface area contributed by atoms with Gasteiger partial charge in [0.2, 0.25) is 17.3 Å². The maximum absolute atomic E-state index is 11.1. The molecule has 70 heavy (non-hydrogen) atoms. The molecule has 2 aromatic heterocycles. The second-order valence-electron chi connectivity index (χ2n) is 15.1. The van der Waals surface area contributed by atoms with Crippen molar-refractivity contribution in [2.75, 3.05) is 32.1 Å². The van der Waals surface area contributed by atoms with Gasteiger partial charge in [-0.1, -0.05) is 76.7 Å². The van der Waals surface area contributed by atoms with Crippen molar-refractivity contribution >= 4 is 114 Å². The third kappa shape index (κ3) is 12.9. The maximum atomic E-state index is 11.1. The number of halogens is 3. The molecule has 0 unspecified atom stereocenters. The summed E-state index contributed by atoms with van der Waals surface area (Å²) in [6.07, 6.45) is 16.9. The Balaban J connectivity index is 0.000000204. The molecule has 2 aromatic carbocycles. The molecule has 1 saturated carbocycles. The van der Waals surface area contributed by atoms with Crippen LogP contribution in [0.4, 0.5) is 21.4 Å². The van der Waals surface area contributed by atoms with E-state index in [0.717, 1.165) is 88.8 Å². The summed E-state index contributed by atoms with van der Waals surface area (Å²) in [7, 11) is 3.95. The normalized spacial score (nSPS) is 17.8. The summed E-state index contributed by atoms with van der Waals surface area (Å²) < 4.78 is 8.13. The molecule has 1 fully saturated rings. The van der Waals surface area contributed by atoms with Gasteiger partial charge in [-0.25, -0.2) is 0 Å². The van der Waals surface area contributed by atoms with E-state index in [-0.39, 0.29) is 74.8 Å². The van der Waals surface area contributed by atoms with E-state index >= 15 is 0 Å². The van der Waals surface area contributed by atoms with Gasteiger partial charge in [-0.05, 0) is 69.2 Å². The number of methoxy groups -OCH3 is 1. The van der Waals surface area contributed by atoms with Crippen molar-refractivity contribution in [1.29, 1.82) is 0 Å². The number of aliphatic hydroxyl groups is 2.